The van der Waals surface area contributed by atoms with E-state index in [1.807, 2.05) is 0 Å². The van der Waals surface area contributed by atoms with Gasteiger partial charge >= 0.3 is 0 Å². The van der Waals surface area contributed by atoms with Gasteiger partial charge in [-0.05, 0) is 6.42 Å². The molecule has 31 heavy (non-hydrogen) atoms. The Morgan fingerprint density at radius 3 is 2.03 bits per heavy atom. The third-order valence-electron chi connectivity index (χ3n) is 5.98. The molecule has 1 saturated carbocycles. The zero-order valence-corrected chi connectivity index (χ0v) is 17.1. The Bertz CT molecular complexity index is 615. The second kappa shape index (κ2) is 10.4. The smallest absolute Gasteiger partial charge is 0.186 e. The van der Waals surface area contributed by atoms with E-state index in [1.165, 1.54) is 0 Å². The summed E-state index contributed by atoms with van der Waals surface area (Å²) < 4.78 is 22.8. The van der Waals surface area contributed by atoms with Gasteiger partial charge in [-0.1, -0.05) is 12.2 Å². The molecule has 0 amide bonds. The van der Waals surface area contributed by atoms with Crippen LogP contribution in [0.3, 0.4) is 0 Å². The molecule has 0 spiro atoms. The topological polar surface area (TPSA) is 248 Å². The molecule has 180 valence electrons. The summed E-state index contributed by atoms with van der Waals surface area (Å²) in [5, 5.41) is 40.7. The summed E-state index contributed by atoms with van der Waals surface area (Å²) in [6, 6.07) is -3.08. The molecule has 14 N–H and O–H groups in total. The largest absolute Gasteiger partial charge is 0.394 e. The van der Waals surface area contributed by atoms with Gasteiger partial charge in [-0.15, -0.1) is 0 Å². The van der Waals surface area contributed by atoms with E-state index in [4.69, 9.17) is 47.6 Å². The number of hydrogen-bond acceptors (Lipinski definition) is 13. The Hall–Kier alpha value is -0.780. The third-order valence-corrected chi connectivity index (χ3v) is 5.98. The minimum atomic E-state index is -1.42. The summed E-state index contributed by atoms with van der Waals surface area (Å²) in [5.74, 6) is 0. The lowest BCUT2D eigenvalue weighted by molar-refractivity contribution is -0.311. The van der Waals surface area contributed by atoms with Gasteiger partial charge in [-0.3, -0.25) is 0 Å². The van der Waals surface area contributed by atoms with Crippen LogP contribution in [-0.4, -0.2) is 113 Å². The maximum absolute atomic E-state index is 11.0. The molecule has 3 aliphatic rings. The minimum absolute atomic E-state index is 0.228. The SMILES string of the molecule is NCC1C=C[C@H](N)C(OC2C(N)CC(N)[C@@H](O[C@@H]3OC(CO)[C@H](O)C(N)[C@@H]3O)C2O)O1. The summed E-state index contributed by atoms with van der Waals surface area (Å²) in [5.41, 5.74) is 29.8. The quantitative estimate of drug-likeness (QED) is 0.172. The molecule has 0 bridgehead atoms. The summed E-state index contributed by atoms with van der Waals surface area (Å²) in [6.45, 7) is -0.307. The van der Waals surface area contributed by atoms with Crippen LogP contribution < -0.4 is 28.7 Å². The Kier molecular flexibility index (Phi) is 8.37. The van der Waals surface area contributed by atoms with Crippen molar-refractivity contribution in [3.05, 3.63) is 12.2 Å². The highest BCUT2D eigenvalue weighted by molar-refractivity contribution is 5.05. The summed E-state index contributed by atoms with van der Waals surface area (Å²) in [4.78, 5) is 0. The van der Waals surface area contributed by atoms with E-state index >= 15 is 0 Å². The molecule has 2 heterocycles. The molecule has 1 saturated heterocycles. The van der Waals surface area contributed by atoms with Crippen LogP contribution in [0.15, 0.2) is 12.2 Å². The lowest BCUT2D eigenvalue weighted by Gasteiger charge is -2.47. The molecular formula is C18H35N5O8. The van der Waals surface area contributed by atoms with Crippen LogP contribution in [0, 0.1) is 0 Å². The van der Waals surface area contributed by atoms with E-state index in [1.54, 1.807) is 12.2 Å². The van der Waals surface area contributed by atoms with Gasteiger partial charge in [0.15, 0.2) is 12.6 Å². The molecule has 3 rings (SSSR count). The average Bonchev–Trinajstić information content (AvgIpc) is 2.75. The number of aliphatic hydroxyl groups is 4. The first kappa shape index (κ1) is 24.9. The summed E-state index contributed by atoms with van der Waals surface area (Å²) >= 11 is 0. The van der Waals surface area contributed by atoms with Crippen LogP contribution in [0.5, 0.6) is 0 Å². The Morgan fingerprint density at radius 2 is 1.45 bits per heavy atom. The van der Waals surface area contributed by atoms with Gasteiger partial charge in [0.25, 0.3) is 0 Å². The van der Waals surface area contributed by atoms with Crippen molar-refractivity contribution in [3.8, 4) is 0 Å². The predicted molar refractivity (Wildman–Crippen MR) is 107 cm³/mol. The van der Waals surface area contributed by atoms with Gasteiger partial charge in [0.1, 0.15) is 36.6 Å². The Balaban J connectivity index is 1.70. The van der Waals surface area contributed by atoms with Crippen molar-refractivity contribution >= 4 is 0 Å². The van der Waals surface area contributed by atoms with Gasteiger partial charge in [-0.25, -0.2) is 0 Å². The van der Waals surface area contributed by atoms with Crippen LogP contribution in [0.4, 0.5) is 0 Å². The van der Waals surface area contributed by atoms with Crippen LogP contribution >= 0.6 is 0 Å². The maximum atomic E-state index is 11.0. The monoisotopic (exact) mass is 449 g/mol. The average molecular weight is 450 g/mol. The second-order valence-corrected chi connectivity index (χ2v) is 8.28. The number of ether oxygens (including phenoxy) is 4. The first-order valence-electron chi connectivity index (χ1n) is 10.4. The van der Waals surface area contributed by atoms with Crippen molar-refractivity contribution in [2.24, 2.45) is 28.7 Å². The van der Waals surface area contributed by atoms with E-state index in [2.05, 4.69) is 0 Å². The Morgan fingerprint density at radius 1 is 0.839 bits per heavy atom. The highest BCUT2D eigenvalue weighted by atomic mass is 16.7. The highest BCUT2D eigenvalue weighted by Gasteiger charge is 2.49. The van der Waals surface area contributed by atoms with Crippen molar-refractivity contribution in [1.29, 1.82) is 0 Å². The van der Waals surface area contributed by atoms with Crippen LogP contribution in [-0.2, 0) is 18.9 Å². The molecule has 1 aliphatic carbocycles. The van der Waals surface area contributed by atoms with Gasteiger partial charge < -0.3 is 68.0 Å². The van der Waals surface area contributed by atoms with E-state index in [-0.39, 0.29) is 19.1 Å². The molecule has 0 radical (unpaired) electrons. The van der Waals surface area contributed by atoms with Gasteiger partial charge in [0.05, 0.1) is 24.8 Å². The number of hydrogen-bond donors (Lipinski definition) is 9. The van der Waals surface area contributed by atoms with Crippen molar-refractivity contribution in [2.75, 3.05) is 13.2 Å². The van der Waals surface area contributed by atoms with E-state index in [0.29, 0.717) is 0 Å². The van der Waals surface area contributed by atoms with Gasteiger partial charge in [0, 0.05) is 18.6 Å². The zero-order chi connectivity index (χ0) is 22.9. The molecular weight excluding hydrogens is 414 g/mol. The van der Waals surface area contributed by atoms with Crippen molar-refractivity contribution in [2.45, 2.75) is 85.9 Å². The van der Waals surface area contributed by atoms with Crippen LogP contribution in [0.2, 0.25) is 0 Å². The van der Waals surface area contributed by atoms with Crippen molar-refractivity contribution in [1.82, 2.24) is 0 Å². The molecule has 13 atom stereocenters. The fourth-order valence-electron chi connectivity index (χ4n) is 4.08. The molecule has 2 fully saturated rings. The van der Waals surface area contributed by atoms with E-state index < -0.39 is 80.0 Å². The molecule has 0 aromatic carbocycles. The molecule has 13 nitrogen and oxygen atoms in total. The molecule has 0 aromatic heterocycles. The van der Waals surface area contributed by atoms with E-state index in [0.717, 1.165) is 0 Å². The maximum Gasteiger partial charge on any atom is 0.186 e. The number of rotatable bonds is 6. The lowest BCUT2D eigenvalue weighted by Crippen LogP contribution is -2.68. The minimum Gasteiger partial charge on any atom is -0.394 e. The predicted octanol–water partition coefficient (Wildman–Crippen LogP) is -5.49. The molecule has 0 aromatic rings. The van der Waals surface area contributed by atoms with Gasteiger partial charge in [-0.2, -0.15) is 0 Å². The highest BCUT2D eigenvalue weighted by Crippen LogP contribution is 2.29. The molecule has 13 heteroatoms. The number of nitrogens with two attached hydrogens (primary N) is 5. The fourth-order valence-corrected chi connectivity index (χ4v) is 4.08. The van der Waals surface area contributed by atoms with Crippen molar-refractivity contribution < 1.29 is 39.4 Å². The van der Waals surface area contributed by atoms with Crippen molar-refractivity contribution in [3.63, 3.8) is 0 Å². The van der Waals surface area contributed by atoms with Gasteiger partial charge in [0.2, 0.25) is 0 Å². The second-order valence-electron chi connectivity index (χ2n) is 8.28. The molecule has 2 aliphatic heterocycles. The normalized spacial score (nSPS) is 51.1. The standard InChI is InChI=1S/C18H35N5O8/c19-4-6-1-2-7(20)17(28-6)30-15-8(21)3-9(22)16(14(15)27)31-18-13(26)11(23)12(25)10(5-24)29-18/h1-2,6-18,24-27H,3-5,19-23H2/t6?,7-,8?,9?,10?,11?,12-,13-,14?,15?,16+,17?,18-/m0/s1. The van der Waals surface area contributed by atoms with E-state index in [9.17, 15) is 20.4 Å². The summed E-state index contributed by atoms with van der Waals surface area (Å²) in [6.07, 6.45) is -6.03. The zero-order valence-electron chi connectivity index (χ0n) is 17.1. The lowest BCUT2D eigenvalue weighted by atomic mass is 9.84. The first-order chi connectivity index (χ1) is 14.7. The molecule has 8 unspecified atom stereocenters. The number of aliphatic hydroxyl groups excluding tert-OH is 4. The van der Waals surface area contributed by atoms with Crippen LogP contribution in [0.1, 0.15) is 6.42 Å². The van der Waals surface area contributed by atoms with Crippen LogP contribution in [0.25, 0.3) is 0 Å². The third kappa shape index (κ3) is 5.25. The summed E-state index contributed by atoms with van der Waals surface area (Å²) in [7, 11) is 0. The fraction of sp³-hybridized carbons (Fsp3) is 0.889. The Labute approximate surface area is 180 Å². The first-order valence-corrected chi connectivity index (χ1v) is 10.4.